The van der Waals surface area contributed by atoms with Crippen molar-refractivity contribution in [1.82, 2.24) is 5.32 Å². The third-order valence-electron chi connectivity index (χ3n) is 3.86. The van der Waals surface area contributed by atoms with Crippen LogP contribution in [0.3, 0.4) is 0 Å². The number of ether oxygens (including phenoxy) is 2. The molecular weight excluding hydrogens is 392 g/mol. The van der Waals surface area contributed by atoms with Crippen molar-refractivity contribution >= 4 is 40.6 Å². The molecular formula is C21H20N2O5S. The number of benzene rings is 2. The summed E-state index contributed by atoms with van der Waals surface area (Å²) >= 11 is 1.03. The largest absolute Gasteiger partial charge is 0.504 e. The highest BCUT2D eigenvalue weighted by molar-refractivity contribution is 8.18. The zero-order valence-corrected chi connectivity index (χ0v) is 16.8. The van der Waals surface area contributed by atoms with E-state index in [-0.39, 0.29) is 11.0 Å². The van der Waals surface area contributed by atoms with Gasteiger partial charge in [0.1, 0.15) is 5.84 Å². The summed E-state index contributed by atoms with van der Waals surface area (Å²) in [5, 5.41) is 12.3. The van der Waals surface area contributed by atoms with Crippen LogP contribution in [-0.4, -0.2) is 35.4 Å². The number of carbonyl (C=O) groups excluding carboxylic acids is 2. The fraction of sp³-hybridized carbons (Fsp3) is 0.190. The number of phenolic OH excluding ortho intramolecular Hbond substituents is 1. The summed E-state index contributed by atoms with van der Waals surface area (Å²) < 4.78 is 10.4. The van der Waals surface area contributed by atoms with Gasteiger partial charge in [0.25, 0.3) is 5.24 Å². The lowest BCUT2D eigenvalue weighted by atomic mass is 10.2. The minimum atomic E-state index is -0.394. The van der Waals surface area contributed by atoms with E-state index in [1.54, 1.807) is 49.4 Å². The summed E-state index contributed by atoms with van der Waals surface area (Å²) in [7, 11) is 0. The van der Waals surface area contributed by atoms with Crippen LogP contribution in [0.15, 0.2) is 52.4 Å². The molecule has 0 atom stereocenters. The van der Waals surface area contributed by atoms with Crippen molar-refractivity contribution in [2.45, 2.75) is 13.8 Å². The number of thioether (sulfide) groups is 1. The second kappa shape index (κ2) is 9.29. The van der Waals surface area contributed by atoms with Gasteiger partial charge in [0.05, 0.1) is 29.4 Å². The van der Waals surface area contributed by atoms with E-state index in [1.165, 1.54) is 6.07 Å². The van der Waals surface area contributed by atoms with Gasteiger partial charge in [-0.1, -0.05) is 6.07 Å². The molecule has 1 aliphatic rings. The topological polar surface area (TPSA) is 97.2 Å². The summed E-state index contributed by atoms with van der Waals surface area (Å²) in [6.07, 6.45) is 1.79. The molecule has 2 N–H and O–H groups in total. The van der Waals surface area contributed by atoms with Gasteiger partial charge in [-0.05, 0) is 73.6 Å². The van der Waals surface area contributed by atoms with Gasteiger partial charge < -0.3 is 19.9 Å². The number of aliphatic imine (C=N–C) groups is 1. The summed E-state index contributed by atoms with van der Waals surface area (Å²) in [6.45, 7) is 4.31. The maximum Gasteiger partial charge on any atom is 0.338 e. The van der Waals surface area contributed by atoms with E-state index in [4.69, 9.17) is 9.47 Å². The number of carbonyl (C=O) groups is 2. The Morgan fingerprint density at radius 1 is 1.17 bits per heavy atom. The van der Waals surface area contributed by atoms with Crippen LogP contribution in [-0.2, 0) is 4.74 Å². The van der Waals surface area contributed by atoms with Gasteiger partial charge >= 0.3 is 5.97 Å². The van der Waals surface area contributed by atoms with Gasteiger partial charge in [-0.15, -0.1) is 0 Å². The highest BCUT2D eigenvalue weighted by Gasteiger charge is 2.23. The van der Waals surface area contributed by atoms with E-state index in [1.807, 2.05) is 6.92 Å². The monoisotopic (exact) mass is 412 g/mol. The van der Waals surface area contributed by atoms with E-state index < -0.39 is 5.97 Å². The predicted octanol–water partition coefficient (Wildman–Crippen LogP) is 4.50. The van der Waals surface area contributed by atoms with Gasteiger partial charge in [0.2, 0.25) is 0 Å². The molecule has 29 heavy (non-hydrogen) atoms. The number of hydrogen-bond acceptors (Lipinski definition) is 7. The number of esters is 1. The molecule has 0 saturated carbocycles. The molecule has 0 aliphatic carbocycles. The van der Waals surface area contributed by atoms with Crippen molar-refractivity contribution in [2.24, 2.45) is 4.99 Å². The number of amides is 1. The van der Waals surface area contributed by atoms with E-state index in [2.05, 4.69) is 10.3 Å². The number of aromatic hydroxyl groups is 1. The van der Waals surface area contributed by atoms with Gasteiger partial charge in [-0.25, -0.2) is 9.79 Å². The SMILES string of the molecule is CCOC(=O)c1ccc(N=C2NC(=O)S/C2=C\c2ccc(O)c(OCC)c2)cc1. The molecule has 7 nitrogen and oxygen atoms in total. The Hall–Kier alpha value is -3.26. The first-order chi connectivity index (χ1) is 14.0. The average Bonchev–Trinajstić information content (AvgIpc) is 3.04. The lowest BCUT2D eigenvalue weighted by molar-refractivity contribution is 0.0526. The number of rotatable bonds is 6. The molecule has 1 aliphatic heterocycles. The molecule has 150 valence electrons. The van der Waals surface area contributed by atoms with Crippen molar-refractivity contribution in [1.29, 1.82) is 0 Å². The van der Waals surface area contributed by atoms with Crippen molar-refractivity contribution in [3.05, 3.63) is 58.5 Å². The highest BCUT2D eigenvalue weighted by Crippen LogP contribution is 2.32. The summed E-state index contributed by atoms with van der Waals surface area (Å²) in [6, 6.07) is 11.6. The summed E-state index contributed by atoms with van der Waals surface area (Å²) in [5.41, 5.74) is 1.78. The number of phenols is 1. The van der Waals surface area contributed by atoms with Gasteiger partial charge in [-0.3, -0.25) is 4.79 Å². The van der Waals surface area contributed by atoms with Crippen molar-refractivity contribution in [3.63, 3.8) is 0 Å². The van der Waals surface area contributed by atoms with Gasteiger partial charge in [0, 0.05) is 0 Å². The fourth-order valence-electron chi connectivity index (χ4n) is 2.57. The maximum absolute atomic E-state index is 11.9. The van der Waals surface area contributed by atoms with Crippen LogP contribution in [0.4, 0.5) is 10.5 Å². The summed E-state index contributed by atoms with van der Waals surface area (Å²) in [4.78, 5) is 28.7. The molecule has 0 aromatic heterocycles. The third kappa shape index (κ3) is 5.17. The second-order valence-corrected chi connectivity index (χ2v) is 6.93. The third-order valence-corrected chi connectivity index (χ3v) is 4.68. The fourth-order valence-corrected chi connectivity index (χ4v) is 3.31. The quantitative estimate of drug-likeness (QED) is 0.678. The van der Waals surface area contributed by atoms with Crippen molar-refractivity contribution in [3.8, 4) is 11.5 Å². The zero-order chi connectivity index (χ0) is 20.8. The summed E-state index contributed by atoms with van der Waals surface area (Å²) in [5.74, 6) is 0.444. The van der Waals surface area contributed by atoms with Crippen LogP contribution in [0, 0.1) is 0 Å². The molecule has 1 heterocycles. The van der Waals surface area contributed by atoms with Gasteiger partial charge in [-0.2, -0.15) is 0 Å². The molecule has 2 aromatic rings. The van der Waals surface area contributed by atoms with E-state index >= 15 is 0 Å². The van der Waals surface area contributed by atoms with Crippen LogP contribution in [0.5, 0.6) is 11.5 Å². The lowest BCUT2D eigenvalue weighted by Crippen LogP contribution is -2.18. The molecule has 1 amide bonds. The molecule has 1 fully saturated rings. The van der Waals surface area contributed by atoms with Gasteiger partial charge in [0.15, 0.2) is 11.5 Å². The molecule has 0 spiro atoms. The van der Waals surface area contributed by atoms with Crippen LogP contribution >= 0.6 is 11.8 Å². The Morgan fingerprint density at radius 2 is 1.93 bits per heavy atom. The first-order valence-corrected chi connectivity index (χ1v) is 9.84. The number of nitrogens with zero attached hydrogens (tertiary/aromatic N) is 1. The average molecular weight is 412 g/mol. The number of hydrogen-bond donors (Lipinski definition) is 2. The molecule has 2 aromatic carbocycles. The minimum Gasteiger partial charge on any atom is -0.504 e. The molecule has 0 radical (unpaired) electrons. The zero-order valence-electron chi connectivity index (χ0n) is 16.0. The molecule has 1 saturated heterocycles. The Bertz CT molecular complexity index is 983. The number of amidine groups is 1. The minimum absolute atomic E-state index is 0.0536. The van der Waals surface area contributed by atoms with Crippen molar-refractivity contribution < 1.29 is 24.2 Å². The Labute approximate surface area is 172 Å². The van der Waals surface area contributed by atoms with E-state index in [9.17, 15) is 14.7 Å². The highest BCUT2D eigenvalue weighted by atomic mass is 32.2. The Morgan fingerprint density at radius 3 is 2.62 bits per heavy atom. The first-order valence-electron chi connectivity index (χ1n) is 9.02. The molecule has 0 bridgehead atoms. The van der Waals surface area contributed by atoms with Crippen molar-refractivity contribution in [2.75, 3.05) is 13.2 Å². The molecule has 8 heteroatoms. The normalized spacial score (nSPS) is 16.1. The van der Waals surface area contributed by atoms with Crippen LogP contribution in [0.1, 0.15) is 29.8 Å². The standard InChI is InChI=1S/C21H20N2O5S/c1-3-27-17-11-13(5-10-16(17)24)12-18-19(23-21(26)29-18)22-15-8-6-14(7-9-15)20(25)28-4-2/h5-12,24H,3-4H2,1-2H3,(H,22,23,26)/b18-12-. The Kier molecular flexibility index (Phi) is 6.56. The Balaban J connectivity index is 1.86. The van der Waals surface area contributed by atoms with E-state index in [0.717, 1.165) is 17.3 Å². The van der Waals surface area contributed by atoms with E-state index in [0.29, 0.717) is 41.0 Å². The lowest BCUT2D eigenvalue weighted by Gasteiger charge is -2.07. The second-order valence-electron chi connectivity index (χ2n) is 5.91. The van der Waals surface area contributed by atoms with Crippen LogP contribution in [0.25, 0.3) is 6.08 Å². The predicted molar refractivity (Wildman–Crippen MR) is 113 cm³/mol. The van der Waals surface area contributed by atoms with Crippen LogP contribution < -0.4 is 10.1 Å². The maximum atomic E-state index is 11.9. The first kappa shape index (κ1) is 20.5. The number of nitrogens with one attached hydrogen (secondary N) is 1. The van der Waals surface area contributed by atoms with Crippen LogP contribution in [0.2, 0.25) is 0 Å². The molecule has 3 rings (SSSR count). The smallest absolute Gasteiger partial charge is 0.338 e. The molecule has 0 unspecified atom stereocenters.